The zero-order chi connectivity index (χ0) is 18.9. The van der Waals surface area contributed by atoms with Crippen molar-refractivity contribution < 1.29 is 13.7 Å². The Kier molecular flexibility index (Phi) is 15.2. The Bertz CT molecular complexity index is 370. The first-order valence-corrected chi connectivity index (χ1v) is 12.4. The van der Waals surface area contributed by atoms with Crippen LogP contribution in [-0.4, -0.2) is 40.9 Å². The predicted molar refractivity (Wildman–Crippen MR) is 111 cm³/mol. The molecule has 1 heterocycles. The molecule has 1 N–H and O–H groups in total. The summed E-state index contributed by atoms with van der Waals surface area (Å²) in [6.07, 6.45) is 17.9. The number of hydrogen-bond acceptors (Lipinski definition) is 3. The minimum absolute atomic E-state index is 0.0993. The average Bonchev–Trinajstić information content (AvgIpc) is 3.14. The van der Waals surface area contributed by atoms with Gasteiger partial charge in [-0.25, -0.2) is 0 Å². The number of unbranched alkanes of at least 4 members (excludes halogenated alkanes) is 11. The Morgan fingerprint density at radius 1 is 0.962 bits per heavy atom. The number of ether oxygens (including phenoxy) is 1. The molecule has 26 heavy (non-hydrogen) atoms. The maximum atomic E-state index is 12.0. The first-order chi connectivity index (χ1) is 12.7. The van der Waals surface area contributed by atoms with Gasteiger partial charge in [0.05, 0.1) is 6.10 Å². The molecule has 1 amide bonds. The molecule has 5 heteroatoms. The van der Waals surface area contributed by atoms with Crippen molar-refractivity contribution >= 4 is 16.7 Å². The van der Waals surface area contributed by atoms with Crippen molar-refractivity contribution in [3.63, 3.8) is 0 Å². The summed E-state index contributed by atoms with van der Waals surface area (Å²) in [7, 11) is -1.02. The number of hydrogen-bond donors (Lipinski definition) is 1. The lowest BCUT2D eigenvalue weighted by Crippen LogP contribution is -2.35. The predicted octanol–water partition coefficient (Wildman–Crippen LogP) is 4.73. The van der Waals surface area contributed by atoms with Gasteiger partial charge in [0.1, 0.15) is 5.75 Å². The molecule has 0 radical (unpaired) electrons. The van der Waals surface area contributed by atoms with Crippen molar-refractivity contribution in [1.29, 1.82) is 0 Å². The topological polar surface area (TPSA) is 55.4 Å². The molecule has 0 saturated carbocycles. The summed E-state index contributed by atoms with van der Waals surface area (Å²) in [5, 5.41) is 2.84. The summed E-state index contributed by atoms with van der Waals surface area (Å²) in [6.45, 7) is 3.62. The third-order valence-corrected chi connectivity index (χ3v) is 6.40. The van der Waals surface area contributed by atoms with Gasteiger partial charge in [0.25, 0.3) is 0 Å². The van der Waals surface area contributed by atoms with Crippen LogP contribution < -0.4 is 5.32 Å². The van der Waals surface area contributed by atoms with Gasteiger partial charge in [-0.15, -0.1) is 0 Å². The third-order valence-electron chi connectivity index (χ3n) is 5.07. The lowest BCUT2D eigenvalue weighted by molar-refractivity contribution is -0.119. The van der Waals surface area contributed by atoms with Crippen molar-refractivity contribution in [2.45, 2.75) is 103 Å². The van der Waals surface area contributed by atoms with Gasteiger partial charge in [-0.05, 0) is 19.3 Å². The van der Waals surface area contributed by atoms with Gasteiger partial charge >= 0.3 is 0 Å². The zero-order valence-electron chi connectivity index (χ0n) is 16.9. The van der Waals surface area contributed by atoms with Crippen LogP contribution >= 0.6 is 0 Å². The molecule has 2 unspecified atom stereocenters. The summed E-state index contributed by atoms with van der Waals surface area (Å²) < 4.78 is 17.4. The number of nitrogens with one attached hydrogen (secondary N) is 1. The van der Waals surface area contributed by atoms with E-state index in [1.54, 1.807) is 0 Å². The molecule has 1 rings (SSSR count). The fourth-order valence-corrected chi connectivity index (χ4v) is 4.47. The van der Waals surface area contributed by atoms with Gasteiger partial charge in [-0.3, -0.25) is 9.00 Å². The third kappa shape index (κ3) is 13.7. The van der Waals surface area contributed by atoms with Crippen LogP contribution in [0.5, 0.6) is 0 Å². The van der Waals surface area contributed by atoms with E-state index in [0.717, 1.165) is 32.3 Å². The van der Waals surface area contributed by atoms with E-state index in [0.29, 0.717) is 12.3 Å². The Balaban J connectivity index is 1.82. The van der Waals surface area contributed by atoms with Crippen LogP contribution in [0.1, 0.15) is 96.8 Å². The molecule has 1 saturated heterocycles. The Labute approximate surface area is 163 Å². The Morgan fingerprint density at radius 3 is 2.08 bits per heavy atom. The number of carbonyl (C=O) groups excluding carboxylic acids is 1. The summed E-state index contributed by atoms with van der Waals surface area (Å²) >= 11 is 0. The van der Waals surface area contributed by atoms with E-state index in [1.807, 2.05) is 0 Å². The van der Waals surface area contributed by atoms with Gasteiger partial charge in [-0.1, -0.05) is 77.6 Å². The molecule has 154 valence electrons. The smallest absolute Gasteiger partial charge is 0.232 e. The SMILES string of the molecule is CCCCCCCCCCCCCCS(=O)CC(=O)NCC1CCCO1. The average molecular weight is 388 g/mol. The summed E-state index contributed by atoms with van der Waals surface area (Å²) in [4.78, 5) is 11.8. The van der Waals surface area contributed by atoms with E-state index in [-0.39, 0.29) is 17.8 Å². The van der Waals surface area contributed by atoms with E-state index in [9.17, 15) is 9.00 Å². The van der Waals surface area contributed by atoms with Crippen LogP contribution in [0.15, 0.2) is 0 Å². The largest absolute Gasteiger partial charge is 0.376 e. The number of carbonyl (C=O) groups is 1. The highest BCUT2D eigenvalue weighted by atomic mass is 32.2. The van der Waals surface area contributed by atoms with Crippen LogP contribution in [-0.2, 0) is 20.3 Å². The van der Waals surface area contributed by atoms with Gasteiger partial charge in [0, 0.05) is 29.7 Å². The second kappa shape index (κ2) is 16.7. The van der Waals surface area contributed by atoms with Crippen LogP contribution in [0.3, 0.4) is 0 Å². The fourth-order valence-electron chi connectivity index (χ4n) is 3.41. The van der Waals surface area contributed by atoms with Crippen molar-refractivity contribution in [3.8, 4) is 0 Å². The quantitative estimate of drug-likeness (QED) is 0.367. The molecule has 1 aliphatic rings. The minimum Gasteiger partial charge on any atom is -0.376 e. The Hall–Kier alpha value is -0.420. The number of rotatable bonds is 17. The van der Waals surface area contributed by atoms with Crippen molar-refractivity contribution in [3.05, 3.63) is 0 Å². The molecule has 1 fully saturated rings. The van der Waals surface area contributed by atoms with E-state index < -0.39 is 10.8 Å². The maximum absolute atomic E-state index is 12.0. The van der Waals surface area contributed by atoms with Crippen molar-refractivity contribution in [2.24, 2.45) is 0 Å². The van der Waals surface area contributed by atoms with E-state index in [4.69, 9.17) is 4.74 Å². The van der Waals surface area contributed by atoms with Crippen LogP contribution in [0.2, 0.25) is 0 Å². The summed E-state index contributed by atoms with van der Waals surface area (Å²) in [6, 6.07) is 0. The van der Waals surface area contributed by atoms with Gasteiger partial charge in [0.15, 0.2) is 0 Å². The first-order valence-electron chi connectivity index (χ1n) is 11.0. The molecular weight excluding hydrogens is 346 g/mol. The highest BCUT2D eigenvalue weighted by molar-refractivity contribution is 7.85. The monoisotopic (exact) mass is 387 g/mol. The first kappa shape index (κ1) is 23.6. The molecule has 0 aromatic rings. The van der Waals surface area contributed by atoms with Crippen molar-refractivity contribution in [2.75, 3.05) is 24.7 Å². The van der Waals surface area contributed by atoms with E-state index >= 15 is 0 Å². The van der Waals surface area contributed by atoms with Crippen LogP contribution in [0, 0.1) is 0 Å². The zero-order valence-corrected chi connectivity index (χ0v) is 17.8. The van der Waals surface area contributed by atoms with Crippen molar-refractivity contribution in [1.82, 2.24) is 5.32 Å². The molecule has 0 spiro atoms. The molecule has 0 aromatic heterocycles. The molecule has 0 aliphatic carbocycles. The minimum atomic E-state index is -1.02. The molecular formula is C21H41NO3S. The fraction of sp³-hybridized carbons (Fsp3) is 0.952. The second-order valence-corrected chi connectivity index (χ2v) is 9.19. The van der Waals surface area contributed by atoms with Gasteiger partial charge in [-0.2, -0.15) is 0 Å². The second-order valence-electron chi connectivity index (χ2n) is 7.62. The normalized spacial score (nSPS) is 18.1. The lowest BCUT2D eigenvalue weighted by atomic mass is 10.1. The standard InChI is InChI=1S/C21H41NO3S/c1-2-3-4-5-6-7-8-9-10-11-12-13-17-26(24)19-21(23)22-18-20-15-14-16-25-20/h20H,2-19H2,1H3,(H,22,23). The Morgan fingerprint density at radius 2 is 1.54 bits per heavy atom. The molecule has 2 atom stereocenters. The van der Waals surface area contributed by atoms with E-state index in [2.05, 4.69) is 12.2 Å². The summed E-state index contributed by atoms with van der Waals surface area (Å²) in [5.74, 6) is 0.702. The lowest BCUT2D eigenvalue weighted by Gasteiger charge is -2.10. The molecule has 1 aliphatic heterocycles. The van der Waals surface area contributed by atoms with Crippen LogP contribution in [0.4, 0.5) is 0 Å². The molecule has 0 bridgehead atoms. The van der Waals surface area contributed by atoms with Gasteiger partial charge in [0.2, 0.25) is 5.91 Å². The van der Waals surface area contributed by atoms with E-state index in [1.165, 1.54) is 64.2 Å². The summed E-state index contributed by atoms with van der Waals surface area (Å²) in [5.41, 5.74) is 0. The van der Waals surface area contributed by atoms with Gasteiger partial charge < -0.3 is 10.1 Å². The highest BCUT2D eigenvalue weighted by Gasteiger charge is 2.16. The number of amides is 1. The molecule has 0 aromatic carbocycles. The molecule has 4 nitrogen and oxygen atoms in total. The van der Waals surface area contributed by atoms with Crippen LogP contribution in [0.25, 0.3) is 0 Å². The highest BCUT2D eigenvalue weighted by Crippen LogP contribution is 2.12. The maximum Gasteiger partial charge on any atom is 0.232 e.